The first-order chi connectivity index (χ1) is 12.5. The van der Waals surface area contributed by atoms with Crippen molar-refractivity contribution in [1.29, 1.82) is 0 Å². The van der Waals surface area contributed by atoms with Crippen LogP contribution in [0, 0.1) is 26.6 Å². The van der Waals surface area contributed by atoms with Gasteiger partial charge in [0, 0.05) is 28.7 Å². The van der Waals surface area contributed by atoms with Gasteiger partial charge in [-0.05, 0) is 62.7 Å². The summed E-state index contributed by atoms with van der Waals surface area (Å²) in [6, 6.07) is 15.7. The molecule has 0 saturated heterocycles. The van der Waals surface area contributed by atoms with E-state index in [1.54, 1.807) is 42.1 Å². The number of aryl methyl sites for hydroxylation is 2. The maximum absolute atomic E-state index is 13.3. The lowest BCUT2D eigenvalue weighted by molar-refractivity contribution is 0.101. The second-order valence-corrected chi connectivity index (χ2v) is 6.16. The third-order valence-corrected chi connectivity index (χ3v) is 4.21. The number of nitrogens with one attached hydrogen (secondary N) is 1. The van der Waals surface area contributed by atoms with E-state index in [1.807, 2.05) is 38.1 Å². The van der Waals surface area contributed by atoms with Gasteiger partial charge in [0.05, 0.1) is 5.69 Å². The minimum atomic E-state index is -0.245. The predicted octanol–water partition coefficient (Wildman–Crippen LogP) is 4.69. The van der Waals surface area contributed by atoms with E-state index in [0.29, 0.717) is 16.8 Å². The van der Waals surface area contributed by atoms with Crippen LogP contribution >= 0.6 is 0 Å². The number of rotatable bonds is 4. The topological polar surface area (TPSA) is 46.4 Å². The Balaban J connectivity index is 1.82. The van der Waals surface area contributed by atoms with Crippen LogP contribution < -0.4 is 5.43 Å². The Hall–Kier alpha value is -3.21. The first-order valence-corrected chi connectivity index (χ1v) is 8.31. The van der Waals surface area contributed by atoms with E-state index >= 15 is 0 Å². The number of amides is 1. The van der Waals surface area contributed by atoms with Gasteiger partial charge in [0.2, 0.25) is 0 Å². The van der Waals surface area contributed by atoms with Crippen LogP contribution in [0.5, 0.6) is 0 Å². The summed E-state index contributed by atoms with van der Waals surface area (Å²) in [6.07, 6.45) is 1.72. The van der Waals surface area contributed by atoms with Crippen molar-refractivity contribution < 1.29 is 9.18 Å². The van der Waals surface area contributed by atoms with E-state index in [-0.39, 0.29) is 11.7 Å². The molecule has 1 amide bonds. The number of nitrogens with zero attached hydrogens (tertiary/aromatic N) is 2. The number of carbonyl (C=O) groups is 1. The van der Waals surface area contributed by atoms with E-state index in [1.165, 1.54) is 6.07 Å². The lowest BCUT2D eigenvalue weighted by Gasteiger charge is -2.11. The molecule has 0 bridgehead atoms. The molecular formula is C21H20FN3O. The molecule has 0 aliphatic carbocycles. The van der Waals surface area contributed by atoms with E-state index in [4.69, 9.17) is 0 Å². The van der Waals surface area contributed by atoms with E-state index < -0.39 is 0 Å². The first-order valence-electron chi connectivity index (χ1n) is 8.31. The summed E-state index contributed by atoms with van der Waals surface area (Å²) >= 11 is 0. The zero-order valence-electron chi connectivity index (χ0n) is 15.0. The van der Waals surface area contributed by atoms with Gasteiger partial charge in [-0.3, -0.25) is 19.9 Å². The van der Waals surface area contributed by atoms with Crippen LogP contribution in [0.4, 0.5) is 10.1 Å². The van der Waals surface area contributed by atoms with Crippen LogP contribution in [0.15, 0.2) is 59.6 Å². The summed E-state index contributed by atoms with van der Waals surface area (Å²) < 4.78 is 15.1. The SMILES string of the molecule is Cc1cc(N=Cc2cc(C)n(NC(=O)c3ccccc3)c2C)ccc1F. The Labute approximate surface area is 152 Å². The van der Waals surface area contributed by atoms with Gasteiger partial charge in [0.1, 0.15) is 5.82 Å². The molecule has 2 aromatic carbocycles. The number of benzene rings is 2. The number of hydrogen-bond donors (Lipinski definition) is 1. The van der Waals surface area contributed by atoms with Crippen LogP contribution in [0.25, 0.3) is 0 Å². The maximum atomic E-state index is 13.3. The van der Waals surface area contributed by atoms with Gasteiger partial charge >= 0.3 is 0 Å². The fourth-order valence-electron chi connectivity index (χ4n) is 2.70. The fraction of sp³-hybridized carbons (Fsp3) is 0.143. The molecule has 0 radical (unpaired) electrons. The Morgan fingerprint density at radius 3 is 2.50 bits per heavy atom. The summed E-state index contributed by atoms with van der Waals surface area (Å²) in [4.78, 5) is 16.8. The monoisotopic (exact) mass is 349 g/mol. The standard InChI is InChI=1S/C21H20FN3O/c1-14-11-19(9-10-20(14)22)23-13-18-12-15(2)25(16(18)3)24-21(26)17-7-5-4-6-8-17/h4-13H,1-3H3,(H,24,26). The largest absolute Gasteiger partial charge is 0.270 e. The molecule has 1 aromatic heterocycles. The number of aliphatic imine (C=N–C) groups is 1. The molecule has 0 aliphatic heterocycles. The molecule has 3 aromatic rings. The molecule has 132 valence electrons. The Bertz CT molecular complexity index is 974. The van der Waals surface area contributed by atoms with Gasteiger partial charge in [-0.25, -0.2) is 4.39 Å². The molecule has 1 N–H and O–H groups in total. The molecule has 26 heavy (non-hydrogen) atoms. The highest BCUT2D eigenvalue weighted by Gasteiger charge is 2.11. The molecule has 3 rings (SSSR count). The van der Waals surface area contributed by atoms with Crippen LogP contribution in [0.3, 0.4) is 0 Å². The van der Waals surface area contributed by atoms with Gasteiger partial charge in [0.15, 0.2) is 0 Å². The Morgan fingerprint density at radius 1 is 1.08 bits per heavy atom. The lowest BCUT2D eigenvalue weighted by atomic mass is 10.2. The summed E-state index contributed by atoms with van der Waals surface area (Å²) in [5.74, 6) is -0.421. The second kappa shape index (κ2) is 7.35. The van der Waals surface area contributed by atoms with E-state index in [0.717, 1.165) is 17.0 Å². The number of hydrogen-bond acceptors (Lipinski definition) is 2. The van der Waals surface area contributed by atoms with Crippen molar-refractivity contribution in [2.45, 2.75) is 20.8 Å². The number of aromatic nitrogens is 1. The Morgan fingerprint density at radius 2 is 1.81 bits per heavy atom. The van der Waals surface area contributed by atoms with Crippen LogP contribution in [-0.4, -0.2) is 16.8 Å². The van der Waals surface area contributed by atoms with E-state index in [9.17, 15) is 9.18 Å². The van der Waals surface area contributed by atoms with Crippen molar-refractivity contribution in [2.24, 2.45) is 4.99 Å². The number of halogens is 1. The zero-order chi connectivity index (χ0) is 18.7. The van der Waals surface area contributed by atoms with Crippen LogP contribution in [0.1, 0.15) is 32.9 Å². The van der Waals surface area contributed by atoms with Gasteiger partial charge in [-0.2, -0.15) is 0 Å². The van der Waals surface area contributed by atoms with Crippen molar-refractivity contribution >= 4 is 17.8 Å². The molecule has 0 spiro atoms. The van der Waals surface area contributed by atoms with Crippen molar-refractivity contribution in [3.63, 3.8) is 0 Å². The van der Waals surface area contributed by atoms with Crippen molar-refractivity contribution in [3.05, 3.63) is 88.5 Å². The minimum absolute atomic E-state index is 0.176. The molecule has 5 heteroatoms. The van der Waals surface area contributed by atoms with E-state index in [2.05, 4.69) is 10.4 Å². The maximum Gasteiger partial charge on any atom is 0.270 e. The molecule has 4 nitrogen and oxygen atoms in total. The quantitative estimate of drug-likeness (QED) is 0.683. The molecule has 0 fully saturated rings. The second-order valence-electron chi connectivity index (χ2n) is 6.16. The highest BCUT2D eigenvalue weighted by molar-refractivity contribution is 6.00. The average Bonchev–Trinajstić information content (AvgIpc) is 2.91. The normalized spacial score (nSPS) is 11.1. The van der Waals surface area contributed by atoms with Crippen LogP contribution in [-0.2, 0) is 0 Å². The van der Waals surface area contributed by atoms with Crippen LogP contribution in [0.2, 0.25) is 0 Å². The zero-order valence-corrected chi connectivity index (χ0v) is 15.0. The summed E-state index contributed by atoms with van der Waals surface area (Å²) in [5, 5.41) is 0. The van der Waals surface area contributed by atoms with Gasteiger partial charge in [-0.1, -0.05) is 18.2 Å². The van der Waals surface area contributed by atoms with Gasteiger partial charge in [-0.15, -0.1) is 0 Å². The molecular weight excluding hydrogens is 329 g/mol. The number of carbonyl (C=O) groups excluding carboxylic acids is 1. The molecule has 0 saturated carbocycles. The first kappa shape index (κ1) is 17.6. The average molecular weight is 349 g/mol. The minimum Gasteiger partial charge on any atom is -0.267 e. The third kappa shape index (κ3) is 3.72. The van der Waals surface area contributed by atoms with Crippen molar-refractivity contribution in [2.75, 3.05) is 5.43 Å². The smallest absolute Gasteiger partial charge is 0.267 e. The molecule has 0 unspecified atom stereocenters. The highest BCUT2D eigenvalue weighted by Crippen LogP contribution is 2.18. The summed E-state index contributed by atoms with van der Waals surface area (Å²) in [5.41, 5.74) is 7.38. The van der Waals surface area contributed by atoms with Gasteiger partial charge in [0.25, 0.3) is 5.91 Å². The van der Waals surface area contributed by atoms with Crippen molar-refractivity contribution in [1.82, 2.24) is 4.68 Å². The van der Waals surface area contributed by atoms with Gasteiger partial charge < -0.3 is 0 Å². The van der Waals surface area contributed by atoms with Crippen molar-refractivity contribution in [3.8, 4) is 0 Å². The predicted molar refractivity (Wildman–Crippen MR) is 102 cm³/mol. The summed E-state index contributed by atoms with van der Waals surface area (Å²) in [6.45, 7) is 5.53. The Kier molecular flexibility index (Phi) is 4.98. The molecule has 1 heterocycles. The molecule has 0 aliphatic rings. The fourth-order valence-corrected chi connectivity index (χ4v) is 2.70. The highest BCUT2D eigenvalue weighted by atomic mass is 19.1. The summed E-state index contributed by atoms with van der Waals surface area (Å²) in [7, 11) is 0. The molecule has 0 atom stereocenters. The lowest BCUT2D eigenvalue weighted by Crippen LogP contribution is -2.24. The third-order valence-electron chi connectivity index (χ3n) is 4.21.